The van der Waals surface area contributed by atoms with Crippen LogP contribution in [0, 0.1) is 6.92 Å². The van der Waals surface area contributed by atoms with Crippen molar-refractivity contribution in [3.8, 4) is 22.8 Å². The van der Waals surface area contributed by atoms with E-state index in [2.05, 4.69) is 45.0 Å². The molecule has 1 aliphatic heterocycles. The average Bonchev–Trinajstić information content (AvgIpc) is 3.63. The second-order valence-electron chi connectivity index (χ2n) is 10.9. The van der Waals surface area contributed by atoms with Crippen LogP contribution in [0.25, 0.3) is 23.2 Å². The van der Waals surface area contributed by atoms with Crippen LogP contribution in [0.2, 0.25) is 0 Å². The Labute approximate surface area is 274 Å². The fourth-order valence-electron chi connectivity index (χ4n) is 4.70. The average molecular weight is 665 g/mol. The summed E-state index contributed by atoms with van der Waals surface area (Å²) in [6.07, 6.45) is 0.656. The number of thioether (sulfide) groups is 1. The van der Waals surface area contributed by atoms with Crippen LogP contribution in [0.4, 0.5) is 18.9 Å². The fraction of sp³-hybridized carbons (Fsp3) is 0.242. The number of benzene rings is 3. The van der Waals surface area contributed by atoms with Gasteiger partial charge < -0.3 is 10.1 Å². The van der Waals surface area contributed by atoms with Gasteiger partial charge in [0.15, 0.2) is 16.1 Å². The van der Waals surface area contributed by atoms with Crippen molar-refractivity contribution >= 4 is 51.9 Å². The number of aromatic nitrogens is 3. The highest BCUT2D eigenvalue weighted by Gasteiger charge is 2.32. The summed E-state index contributed by atoms with van der Waals surface area (Å²) >= 11 is 6.91. The molecule has 5 rings (SSSR count). The van der Waals surface area contributed by atoms with Crippen molar-refractivity contribution in [1.29, 1.82) is 0 Å². The van der Waals surface area contributed by atoms with Crippen molar-refractivity contribution in [3.63, 3.8) is 0 Å². The molecule has 1 aliphatic rings. The highest BCUT2D eigenvalue weighted by Crippen LogP contribution is 2.34. The Morgan fingerprint density at radius 3 is 2.48 bits per heavy atom. The quantitative estimate of drug-likeness (QED) is 0.194. The Hall–Kier alpha value is -4.49. The van der Waals surface area contributed by atoms with E-state index in [9.17, 15) is 18.0 Å². The SMILES string of the molecule is Cc1ccc(C(C)C)c(N2C(=O)CS/C2=N\C(=S)NC(C)/C=C/c2ccc(-c3ncn(-c4ccc(OC(F)(F)F)cc4)n3)cc2)c1. The zero-order valence-electron chi connectivity index (χ0n) is 25.4. The predicted molar refractivity (Wildman–Crippen MR) is 180 cm³/mol. The molecule has 0 saturated carbocycles. The van der Waals surface area contributed by atoms with Gasteiger partial charge in [-0.1, -0.05) is 74.2 Å². The number of nitrogens with zero attached hydrogens (tertiary/aromatic N) is 5. The molecule has 0 bridgehead atoms. The summed E-state index contributed by atoms with van der Waals surface area (Å²) in [7, 11) is 0. The fourth-order valence-corrected chi connectivity index (χ4v) is 5.90. The van der Waals surface area contributed by atoms with E-state index in [0.29, 0.717) is 22.4 Å². The van der Waals surface area contributed by atoms with E-state index in [0.717, 1.165) is 27.9 Å². The zero-order chi connectivity index (χ0) is 33.0. The van der Waals surface area contributed by atoms with Gasteiger partial charge in [-0.05, 0) is 79.0 Å². The van der Waals surface area contributed by atoms with Gasteiger partial charge in [-0.2, -0.15) is 4.99 Å². The summed E-state index contributed by atoms with van der Waals surface area (Å²) in [4.78, 5) is 23.5. The second-order valence-corrected chi connectivity index (χ2v) is 12.2. The zero-order valence-corrected chi connectivity index (χ0v) is 27.1. The monoisotopic (exact) mass is 664 g/mol. The van der Waals surface area contributed by atoms with Gasteiger partial charge in [0.2, 0.25) is 5.91 Å². The Balaban J connectivity index is 1.20. The van der Waals surface area contributed by atoms with Crippen molar-refractivity contribution in [2.75, 3.05) is 10.7 Å². The van der Waals surface area contributed by atoms with Crippen LogP contribution in [0.15, 0.2) is 84.1 Å². The maximum atomic E-state index is 12.9. The number of hydrogen-bond acceptors (Lipinski definition) is 6. The van der Waals surface area contributed by atoms with Gasteiger partial charge in [0.25, 0.3) is 0 Å². The van der Waals surface area contributed by atoms with Gasteiger partial charge in [-0.3, -0.25) is 9.69 Å². The van der Waals surface area contributed by atoms with Crippen LogP contribution in [0.1, 0.15) is 43.4 Å². The summed E-state index contributed by atoms with van der Waals surface area (Å²) in [6.45, 7) is 8.16. The van der Waals surface area contributed by atoms with E-state index >= 15 is 0 Å². The van der Waals surface area contributed by atoms with Crippen LogP contribution < -0.4 is 15.0 Å². The highest BCUT2D eigenvalue weighted by molar-refractivity contribution is 8.15. The molecule has 1 N–H and O–H groups in total. The molecule has 1 aromatic heterocycles. The number of aliphatic imine (C=N–C) groups is 1. The third kappa shape index (κ3) is 8.20. The van der Waals surface area contributed by atoms with E-state index in [1.807, 2.05) is 62.4 Å². The number of rotatable bonds is 8. The second kappa shape index (κ2) is 13.9. The first-order chi connectivity index (χ1) is 21.9. The largest absolute Gasteiger partial charge is 0.573 e. The molecule has 13 heteroatoms. The lowest BCUT2D eigenvalue weighted by molar-refractivity contribution is -0.274. The van der Waals surface area contributed by atoms with Crippen molar-refractivity contribution in [3.05, 3.63) is 95.8 Å². The molecule has 238 valence electrons. The molecular formula is C33H31F3N6O2S2. The summed E-state index contributed by atoms with van der Waals surface area (Å²) in [5, 5.41) is 8.49. The van der Waals surface area contributed by atoms with Crippen LogP contribution in [0.5, 0.6) is 5.75 Å². The molecular weight excluding hydrogens is 634 g/mol. The number of amides is 1. The Morgan fingerprint density at radius 1 is 1.09 bits per heavy atom. The first-order valence-corrected chi connectivity index (χ1v) is 15.8. The maximum absolute atomic E-state index is 12.9. The van der Waals surface area contributed by atoms with E-state index in [1.165, 1.54) is 47.0 Å². The molecule has 8 nitrogen and oxygen atoms in total. The normalized spacial score (nSPS) is 15.3. The van der Waals surface area contributed by atoms with E-state index in [1.54, 1.807) is 4.90 Å². The number of thiocarbonyl (C=S) groups is 1. The van der Waals surface area contributed by atoms with Gasteiger partial charge in [0.1, 0.15) is 12.1 Å². The number of nitrogens with one attached hydrogen (secondary N) is 1. The summed E-state index contributed by atoms with van der Waals surface area (Å²) in [5.74, 6) is 0.681. The van der Waals surface area contributed by atoms with Crippen LogP contribution in [0.3, 0.4) is 0 Å². The maximum Gasteiger partial charge on any atom is 0.573 e. The third-order valence-electron chi connectivity index (χ3n) is 6.94. The first-order valence-electron chi connectivity index (χ1n) is 14.4. The number of aryl methyl sites for hydroxylation is 1. The first kappa shape index (κ1) is 32.9. The van der Waals surface area contributed by atoms with E-state index in [-0.39, 0.29) is 28.7 Å². The molecule has 46 heavy (non-hydrogen) atoms. The number of anilines is 1. The number of halogens is 3. The Bertz CT molecular complexity index is 1780. The smallest absolute Gasteiger partial charge is 0.406 e. The molecule has 1 amide bonds. The number of ether oxygens (including phenoxy) is 1. The molecule has 1 fully saturated rings. The lowest BCUT2D eigenvalue weighted by Crippen LogP contribution is -2.34. The topological polar surface area (TPSA) is 84.6 Å². The van der Waals surface area contributed by atoms with Crippen molar-refractivity contribution in [2.24, 2.45) is 4.99 Å². The van der Waals surface area contributed by atoms with E-state index in [4.69, 9.17) is 12.2 Å². The van der Waals surface area contributed by atoms with Gasteiger partial charge in [0.05, 0.1) is 17.1 Å². The molecule has 0 radical (unpaired) electrons. The number of alkyl halides is 3. The lowest BCUT2D eigenvalue weighted by atomic mass is 9.99. The number of amidine groups is 1. The van der Waals surface area contributed by atoms with Gasteiger partial charge in [-0.25, -0.2) is 9.67 Å². The molecule has 4 aromatic rings. The minimum Gasteiger partial charge on any atom is -0.406 e. The van der Waals surface area contributed by atoms with Crippen molar-refractivity contribution in [1.82, 2.24) is 20.1 Å². The number of hydrogen-bond donors (Lipinski definition) is 1. The van der Waals surface area contributed by atoms with Crippen molar-refractivity contribution in [2.45, 2.75) is 46.0 Å². The standard InChI is InChI=1S/C33H31F3N6O2S2/c1-20(2)27-16-5-21(3)17-28(27)42-29(43)18-46-32(42)39-31(45)38-22(4)6-7-23-8-10-24(11-9-23)30-37-19-41(40-30)25-12-14-26(15-13-25)44-33(34,35)36/h5-17,19-20,22H,18H2,1-4H3,(H,38,45)/b7-6+,39-32-. The molecule has 2 heterocycles. The predicted octanol–water partition coefficient (Wildman–Crippen LogP) is 7.68. The minimum atomic E-state index is -4.75. The highest BCUT2D eigenvalue weighted by atomic mass is 32.2. The molecule has 1 saturated heterocycles. The van der Waals surface area contributed by atoms with Gasteiger partial charge in [0, 0.05) is 11.6 Å². The van der Waals surface area contributed by atoms with Gasteiger partial charge in [-0.15, -0.1) is 18.3 Å². The molecule has 3 aromatic carbocycles. The molecule has 1 atom stereocenters. The number of carbonyl (C=O) groups excluding carboxylic acids is 1. The van der Waals surface area contributed by atoms with Gasteiger partial charge >= 0.3 is 6.36 Å². The van der Waals surface area contributed by atoms with Crippen LogP contribution in [-0.4, -0.2) is 49.1 Å². The van der Waals surface area contributed by atoms with E-state index < -0.39 is 6.36 Å². The molecule has 0 aliphatic carbocycles. The summed E-state index contributed by atoms with van der Waals surface area (Å²) < 4.78 is 42.7. The van der Waals surface area contributed by atoms with Crippen LogP contribution >= 0.6 is 24.0 Å². The minimum absolute atomic E-state index is 0.0222. The molecule has 1 unspecified atom stereocenters. The summed E-state index contributed by atoms with van der Waals surface area (Å²) in [5.41, 5.74) is 5.25. The number of carbonyl (C=O) groups is 1. The molecule has 0 spiro atoms. The third-order valence-corrected chi connectivity index (χ3v) is 8.07. The lowest BCUT2D eigenvalue weighted by Gasteiger charge is -2.22. The Kier molecular flexibility index (Phi) is 9.92. The van der Waals surface area contributed by atoms with Crippen molar-refractivity contribution < 1.29 is 22.7 Å². The Morgan fingerprint density at radius 2 is 1.80 bits per heavy atom. The van der Waals surface area contributed by atoms with Crippen LogP contribution in [-0.2, 0) is 4.79 Å². The summed E-state index contributed by atoms with van der Waals surface area (Å²) in [6, 6.07) is 19.0.